The Kier molecular flexibility index (Phi) is 5.65. The fraction of sp³-hybridized carbons (Fsp3) is 0.474. The first kappa shape index (κ1) is 18.0. The molecule has 0 radical (unpaired) electrons. The number of ether oxygens (including phenoxy) is 1. The van der Waals surface area contributed by atoms with Gasteiger partial charge in [-0.2, -0.15) is 5.10 Å². The highest BCUT2D eigenvalue weighted by Crippen LogP contribution is 2.40. The summed E-state index contributed by atoms with van der Waals surface area (Å²) in [5.74, 6) is 0.629. The van der Waals surface area contributed by atoms with Crippen LogP contribution in [0.2, 0.25) is 0 Å². The normalized spacial score (nSPS) is 13.5. The average molecular weight is 330 g/mol. The minimum atomic E-state index is -1.01. The van der Waals surface area contributed by atoms with Crippen LogP contribution >= 0.6 is 0 Å². The summed E-state index contributed by atoms with van der Waals surface area (Å²) >= 11 is 0. The summed E-state index contributed by atoms with van der Waals surface area (Å²) in [4.78, 5) is 11.1. The van der Waals surface area contributed by atoms with Gasteiger partial charge in [0.25, 0.3) is 0 Å². The molecule has 24 heavy (non-hydrogen) atoms. The van der Waals surface area contributed by atoms with Crippen LogP contribution in [0.4, 0.5) is 0 Å². The van der Waals surface area contributed by atoms with Gasteiger partial charge in [-0.05, 0) is 54.0 Å². The lowest BCUT2D eigenvalue weighted by Gasteiger charge is -2.22. The molecular formula is C19H26N2O3. The van der Waals surface area contributed by atoms with Crippen molar-refractivity contribution in [1.82, 2.24) is 10.2 Å². The summed E-state index contributed by atoms with van der Waals surface area (Å²) in [5.41, 5.74) is 3.95. The Bertz CT molecular complexity index is 690. The molecule has 0 amide bonds. The third-order valence-corrected chi connectivity index (χ3v) is 4.74. The highest BCUT2D eigenvalue weighted by atomic mass is 16.5. The first-order valence-electron chi connectivity index (χ1n) is 8.43. The first-order valence-corrected chi connectivity index (χ1v) is 8.43. The van der Waals surface area contributed by atoms with E-state index in [0.717, 1.165) is 35.3 Å². The predicted molar refractivity (Wildman–Crippen MR) is 94.9 cm³/mol. The van der Waals surface area contributed by atoms with E-state index in [1.165, 1.54) is 0 Å². The quantitative estimate of drug-likeness (QED) is 0.764. The molecule has 1 heterocycles. The Morgan fingerprint density at radius 3 is 2.08 bits per heavy atom. The summed E-state index contributed by atoms with van der Waals surface area (Å²) in [5, 5.41) is 15.8. The number of nitrogens with one attached hydrogen (secondary N) is 1. The van der Waals surface area contributed by atoms with Gasteiger partial charge >= 0.3 is 5.97 Å². The number of carboxylic acid groups (broad SMARTS) is 1. The average Bonchev–Trinajstić information content (AvgIpc) is 3.09. The molecule has 5 nitrogen and oxygen atoms in total. The molecule has 2 unspecified atom stereocenters. The summed E-state index contributed by atoms with van der Waals surface area (Å²) in [7, 11) is 1.71. The molecule has 130 valence electrons. The number of methoxy groups -OCH3 is 1. The number of nitrogens with zero attached hydrogens (tertiary/aromatic N) is 1. The van der Waals surface area contributed by atoms with E-state index in [1.807, 2.05) is 0 Å². The van der Waals surface area contributed by atoms with Gasteiger partial charge in [0.05, 0.1) is 12.8 Å². The number of aromatic nitrogens is 2. The van der Waals surface area contributed by atoms with Gasteiger partial charge in [0.15, 0.2) is 0 Å². The number of aromatic carboxylic acids is 1. The van der Waals surface area contributed by atoms with E-state index in [9.17, 15) is 4.79 Å². The lowest BCUT2D eigenvalue weighted by Crippen LogP contribution is -2.04. The second kappa shape index (κ2) is 7.51. The highest BCUT2D eigenvalue weighted by molar-refractivity contribution is 5.87. The Labute approximate surface area is 143 Å². The lowest BCUT2D eigenvalue weighted by atomic mass is 9.87. The van der Waals surface area contributed by atoms with Crippen molar-refractivity contribution < 1.29 is 14.6 Å². The molecule has 0 aliphatic heterocycles. The van der Waals surface area contributed by atoms with Crippen molar-refractivity contribution in [1.29, 1.82) is 0 Å². The van der Waals surface area contributed by atoms with Crippen LogP contribution in [0.1, 0.15) is 74.0 Å². The minimum Gasteiger partial charge on any atom is -0.496 e. The summed E-state index contributed by atoms with van der Waals surface area (Å²) < 4.78 is 5.73. The predicted octanol–water partition coefficient (Wildman–Crippen LogP) is 4.81. The van der Waals surface area contributed by atoms with Gasteiger partial charge in [0.2, 0.25) is 0 Å². The Morgan fingerprint density at radius 2 is 1.71 bits per heavy atom. The van der Waals surface area contributed by atoms with Crippen LogP contribution in [0.3, 0.4) is 0 Å². The SMILES string of the molecule is CCC(C)c1cc(-c2cc(C(=O)O)[nH]n2)cc(C(C)CC)c1OC. The summed E-state index contributed by atoms with van der Waals surface area (Å²) in [6.45, 7) is 8.65. The second-order valence-corrected chi connectivity index (χ2v) is 6.28. The van der Waals surface area contributed by atoms with Gasteiger partial charge < -0.3 is 9.84 Å². The maximum absolute atomic E-state index is 11.1. The molecule has 0 aliphatic carbocycles. The van der Waals surface area contributed by atoms with Gasteiger partial charge in [-0.15, -0.1) is 0 Å². The molecule has 0 aliphatic rings. The number of aromatic amines is 1. The maximum atomic E-state index is 11.1. The summed E-state index contributed by atoms with van der Waals surface area (Å²) in [6.07, 6.45) is 2.00. The van der Waals surface area contributed by atoms with Crippen molar-refractivity contribution in [3.8, 4) is 17.0 Å². The molecule has 0 saturated carbocycles. The van der Waals surface area contributed by atoms with Crippen molar-refractivity contribution in [2.75, 3.05) is 7.11 Å². The van der Waals surface area contributed by atoms with Gasteiger partial charge in [0.1, 0.15) is 11.4 Å². The number of hydrogen-bond donors (Lipinski definition) is 2. The highest BCUT2D eigenvalue weighted by Gasteiger charge is 2.20. The molecule has 0 bridgehead atoms. The molecule has 0 saturated heterocycles. The van der Waals surface area contributed by atoms with E-state index in [1.54, 1.807) is 13.2 Å². The largest absolute Gasteiger partial charge is 0.496 e. The van der Waals surface area contributed by atoms with E-state index in [4.69, 9.17) is 9.84 Å². The number of hydrogen-bond acceptors (Lipinski definition) is 3. The molecule has 1 aromatic carbocycles. The molecule has 2 N–H and O–H groups in total. The topological polar surface area (TPSA) is 75.2 Å². The fourth-order valence-electron chi connectivity index (χ4n) is 2.81. The molecule has 2 rings (SSSR count). The van der Waals surface area contributed by atoms with Crippen LogP contribution in [0, 0.1) is 0 Å². The van der Waals surface area contributed by atoms with E-state index < -0.39 is 5.97 Å². The maximum Gasteiger partial charge on any atom is 0.353 e. The molecule has 5 heteroatoms. The van der Waals surface area contributed by atoms with E-state index in [-0.39, 0.29) is 5.69 Å². The van der Waals surface area contributed by atoms with Crippen LogP contribution < -0.4 is 4.74 Å². The second-order valence-electron chi connectivity index (χ2n) is 6.28. The fourth-order valence-corrected chi connectivity index (χ4v) is 2.81. The molecule has 0 fully saturated rings. The van der Waals surface area contributed by atoms with E-state index in [0.29, 0.717) is 17.5 Å². The lowest BCUT2D eigenvalue weighted by molar-refractivity contribution is 0.0690. The van der Waals surface area contributed by atoms with Crippen LogP contribution in [-0.2, 0) is 0 Å². The van der Waals surface area contributed by atoms with Crippen LogP contribution in [0.15, 0.2) is 18.2 Å². The number of carboxylic acids is 1. The van der Waals surface area contributed by atoms with Crippen LogP contribution in [-0.4, -0.2) is 28.4 Å². The Morgan fingerprint density at radius 1 is 1.17 bits per heavy atom. The van der Waals surface area contributed by atoms with Gasteiger partial charge in [-0.1, -0.05) is 27.7 Å². The number of rotatable bonds is 7. The Hall–Kier alpha value is -2.30. The van der Waals surface area contributed by atoms with Crippen molar-refractivity contribution in [2.45, 2.75) is 52.4 Å². The molecular weight excluding hydrogens is 304 g/mol. The monoisotopic (exact) mass is 330 g/mol. The molecule has 2 atom stereocenters. The third kappa shape index (κ3) is 3.45. The third-order valence-electron chi connectivity index (χ3n) is 4.74. The first-order chi connectivity index (χ1) is 11.4. The van der Waals surface area contributed by atoms with Crippen molar-refractivity contribution in [3.63, 3.8) is 0 Å². The minimum absolute atomic E-state index is 0.0935. The van der Waals surface area contributed by atoms with Gasteiger partial charge in [-0.3, -0.25) is 5.10 Å². The van der Waals surface area contributed by atoms with Crippen LogP contribution in [0.5, 0.6) is 5.75 Å². The van der Waals surface area contributed by atoms with E-state index in [2.05, 4.69) is 50.0 Å². The van der Waals surface area contributed by atoms with Crippen molar-refractivity contribution >= 4 is 5.97 Å². The zero-order valence-electron chi connectivity index (χ0n) is 15.0. The molecule has 2 aromatic rings. The van der Waals surface area contributed by atoms with Gasteiger partial charge in [0, 0.05) is 5.56 Å². The Balaban J connectivity index is 2.64. The number of benzene rings is 1. The van der Waals surface area contributed by atoms with Crippen molar-refractivity contribution in [3.05, 3.63) is 35.0 Å². The zero-order chi connectivity index (χ0) is 17.9. The zero-order valence-corrected chi connectivity index (χ0v) is 15.0. The molecule has 1 aromatic heterocycles. The smallest absolute Gasteiger partial charge is 0.353 e. The number of H-pyrrole nitrogens is 1. The van der Waals surface area contributed by atoms with E-state index >= 15 is 0 Å². The number of carbonyl (C=O) groups is 1. The molecule has 0 spiro atoms. The van der Waals surface area contributed by atoms with Crippen LogP contribution in [0.25, 0.3) is 11.3 Å². The van der Waals surface area contributed by atoms with Gasteiger partial charge in [-0.25, -0.2) is 4.79 Å². The standard InChI is InChI=1S/C19H26N2O3/c1-6-11(3)14-8-13(16-10-17(19(22)23)21-20-16)9-15(12(4)7-2)18(14)24-5/h8-12H,6-7H2,1-5H3,(H,20,21)(H,22,23). The summed E-state index contributed by atoms with van der Waals surface area (Å²) in [6, 6.07) is 5.71. The van der Waals surface area contributed by atoms with Crippen molar-refractivity contribution in [2.24, 2.45) is 0 Å².